The number of carbonyl (C=O) groups excluding carboxylic acids is 1. The topological polar surface area (TPSA) is 55.1 Å². The lowest BCUT2D eigenvalue weighted by atomic mass is 10.0. The van der Waals surface area contributed by atoms with E-state index >= 15 is 0 Å². The second-order valence-corrected chi connectivity index (χ2v) is 7.26. The summed E-state index contributed by atoms with van der Waals surface area (Å²) in [6.07, 6.45) is 1.67. The number of benzene rings is 3. The third-order valence-electron chi connectivity index (χ3n) is 5.14. The standard InChI is InChI=1S/C25H16F2N2O2/c1-14-10-11-28-20(12-14)23-21-8-9-22(31-21)24(23)25(30)29-15-6-7-17(19(27)13-15)16-4-2-3-5-18(16)26/h2-13H,1H3,(H,29,30). The molecule has 0 saturated carbocycles. The van der Waals surface area contributed by atoms with Crippen LogP contribution in [0.15, 0.2) is 77.3 Å². The number of aromatic nitrogens is 1. The van der Waals surface area contributed by atoms with Gasteiger partial charge in [0.25, 0.3) is 5.91 Å². The minimum atomic E-state index is -0.636. The molecule has 1 amide bonds. The highest BCUT2D eigenvalue weighted by Crippen LogP contribution is 2.37. The van der Waals surface area contributed by atoms with Gasteiger partial charge in [-0.1, -0.05) is 18.2 Å². The smallest absolute Gasteiger partial charge is 0.260 e. The van der Waals surface area contributed by atoms with E-state index in [1.807, 2.05) is 19.1 Å². The molecular weight excluding hydrogens is 398 g/mol. The Kier molecular flexibility index (Phi) is 4.47. The van der Waals surface area contributed by atoms with Gasteiger partial charge in [0.05, 0.1) is 16.8 Å². The first-order chi connectivity index (χ1) is 15.0. The fourth-order valence-corrected chi connectivity index (χ4v) is 3.69. The average Bonchev–Trinajstić information content (AvgIpc) is 3.36. The van der Waals surface area contributed by atoms with Crippen LogP contribution < -0.4 is 5.32 Å². The van der Waals surface area contributed by atoms with Crippen LogP contribution in [0.3, 0.4) is 0 Å². The van der Waals surface area contributed by atoms with Crippen LogP contribution in [0.5, 0.6) is 0 Å². The Morgan fingerprint density at radius 1 is 0.903 bits per heavy atom. The number of fused-ring (bicyclic) bond motifs is 2. The molecule has 0 radical (unpaired) electrons. The van der Waals surface area contributed by atoms with Crippen molar-refractivity contribution < 1.29 is 18.0 Å². The second kappa shape index (κ2) is 7.32. The molecule has 6 heteroatoms. The van der Waals surface area contributed by atoms with Crippen molar-refractivity contribution in [2.24, 2.45) is 0 Å². The van der Waals surface area contributed by atoms with E-state index in [2.05, 4.69) is 10.3 Å². The monoisotopic (exact) mass is 414 g/mol. The molecule has 2 aromatic carbocycles. The van der Waals surface area contributed by atoms with Gasteiger partial charge in [0, 0.05) is 23.0 Å². The molecule has 0 unspecified atom stereocenters. The van der Waals surface area contributed by atoms with Crippen LogP contribution in [-0.2, 0) is 0 Å². The number of carbonyl (C=O) groups is 1. The second-order valence-electron chi connectivity index (χ2n) is 7.26. The predicted octanol–water partition coefficient (Wildman–Crippen LogP) is 6.44. The zero-order valence-electron chi connectivity index (χ0n) is 16.4. The van der Waals surface area contributed by atoms with E-state index in [-0.39, 0.29) is 16.8 Å². The quantitative estimate of drug-likeness (QED) is 0.368. The van der Waals surface area contributed by atoms with Crippen LogP contribution in [-0.4, -0.2) is 10.9 Å². The molecule has 1 N–H and O–H groups in total. The van der Waals surface area contributed by atoms with Crippen molar-refractivity contribution in [3.63, 3.8) is 0 Å². The Morgan fingerprint density at radius 3 is 2.45 bits per heavy atom. The molecule has 152 valence electrons. The minimum Gasteiger partial charge on any atom is -0.456 e. The summed E-state index contributed by atoms with van der Waals surface area (Å²) >= 11 is 0. The van der Waals surface area contributed by atoms with Crippen LogP contribution in [0.25, 0.3) is 33.6 Å². The van der Waals surface area contributed by atoms with Gasteiger partial charge in [-0.25, -0.2) is 8.78 Å². The number of hydrogen-bond acceptors (Lipinski definition) is 3. The Hall–Kier alpha value is -4.06. The number of pyridine rings is 1. The zero-order chi connectivity index (χ0) is 21.5. The van der Waals surface area contributed by atoms with Crippen LogP contribution in [0.4, 0.5) is 14.5 Å². The van der Waals surface area contributed by atoms with Crippen LogP contribution >= 0.6 is 0 Å². The van der Waals surface area contributed by atoms with Gasteiger partial charge in [-0.2, -0.15) is 0 Å². The van der Waals surface area contributed by atoms with Crippen molar-refractivity contribution >= 4 is 22.8 Å². The highest BCUT2D eigenvalue weighted by molar-refractivity contribution is 6.16. The van der Waals surface area contributed by atoms with E-state index in [1.54, 1.807) is 30.5 Å². The van der Waals surface area contributed by atoms with E-state index in [4.69, 9.17) is 4.42 Å². The van der Waals surface area contributed by atoms with Gasteiger partial charge in [0.15, 0.2) is 0 Å². The fraction of sp³-hybridized carbons (Fsp3) is 0.0400. The molecule has 5 rings (SSSR count). The van der Waals surface area contributed by atoms with Gasteiger partial charge in [-0.15, -0.1) is 0 Å². The molecule has 2 bridgehead atoms. The Labute approximate surface area is 176 Å². The number of amides is 1. The number of aryl methyl sites for hydroxylation is 1. The fourth-order valence-electron chi connectivity index (χ4n) is 3.69. The zero-order valence-corrected chi connectivity index (χ0v) is 16.4. The molecule has 0 atom stereocenters. The molecule has 0 aliphatic rings. The number of furan rings is 2. The van der Waals surface area contributed by atoms with Gasteiger partial charge in [0.2, 0.25) is 0 Å². The first-order valence-electron chi connectivity index (χ1n) is 9.65. The SMILES string of the molecule is Cc1ccnc(-c2c(C(=O)Nc3ccc(-c4ccccc4F)c(F)c3)c3ccc2o3)c1. The predicted molar refractivity (Wildman–Crippen MR) is 115 cm³/mol. The summed E-state index contributed by atoms with van der Waals surface area (Å²) in [4.78, 5) is 17.4. The number of anilines is 1. The molecule has 4 nitrogen and oxygen atoms in total. The normalized spacial score (nSPS) is 11.2. The van der Waals surface area contributed by atoms with Crippen LogP contribution in [0, 0.1) is 18.6 Å². The van der Waals surface area contributed by atoms with Crippen LogP contribution in [0.2, 0.25) is 0 Å². The number of nitrogens with one attached hydrogen (secondary N) is 1. The van der Waals surface area contributed by atoms with Gasteiger partial charge in [0.1, 0.15) is 22.8 Å². The maximum Gasteiger partial charge on any atom is 0.260 e. The average molecular weight is 414 g/mol. The van der Waals surface area contributed by atoms with E-state index in [0.29, 0.717) is 28.0 Å². The highest BCUT2D eigenvalue weighted by atomic mass is 19.1. The molecule has 31 heavy (non-hydrogen) atoms. The summed E-state index contributed by atoms with van der Waals surface area (Å²) in [5, 5.41) is 2.71. The molecule has 0 spiro atoms. The van der Waals surface area contributed by atoms with Gasteiger partial charge < -0.3 is 9.73 Å². The summed E-state index contributed by atoms with van der Waals surface area (Å²) in [6.45, 7) is 1.94. The van der Waals surface area contributed by atoms with E-state index < -0.39 is 17.5 Å². The molecule has 3 aromatic heterocycles. The third-order valence-corrected chi connectivity index (χ3v) is 5.14. The molecular formula is C25H16F2N2O2. The molecule has 0 saturated heterocycles. The molecule has 0 aliphatic heterocycles. The summed E-state index contributed by atoms with van der Waals surface area (Å²) < 4.78 is 34.4. The van der Waals surface area contributed by atoms with Gasteiger partial charge >= 0.3 is 0 Å². The Balaban J connectivity index is 1.48. The van der Waals surface area contributed by atoms with Crippen molar-refractivity contribution in [1.82, 2.24) is 4.98 Å². The number of halogens is 2. The molecule has 0 fully saturated rings. The summed E-state index contributed by atoms with van der Waals surface area (Å²) in [5.74, 6) is -1.59. The number of rotatable bonds is 4. The lowest BCUT2D eigenvalue weighted by Crippen LogP contribution is -2.13. The first kappa shape index (κ1) is 18.9. The molecule has 3 heterocycles. The minimum absolute atomic E-state index is 0.121. The maximum absolute atomic E-state index is 14.7. The van der Waals surface area contributed by atoms with Crippen molar-refractivity contribution in [3.05, 3.63) is 95.7 Å². The molecule has 0 aliphatic carbocycles. The summed E-state index contributed by atoms with van der Waals surface area (Å²) in [5.41, 5.74) is 4.08. The summed E-state index contributed by atoms with van der Waals surface area (Å²) in [6, 6.07) is 17.4. The third kappa shape index (κ3) is 3.32. The van der Waals surface area contributed by atoms with Crippen LogP contribution in [0.1, 0.15) is 15.9 Å². The Bertz CT molecular complexity index is 1420. The van der Waals surface area contributed by atoms with E-state index in [9.17, 15) is 13.6 Å². The van der Waals surface area contributed by atoms with E-state index in [0.717, 1.165) is 5.56 Å². The van der Waals surface area contributed by atoms with Crippen molar-refractivity contribution in [2.75, 3.05) is 5.32 Å². The van der Waals surface area contributed by atoms with Crippen molar-refractivity contribution in [1.29, 1.82) is 0 Å². The highest BCUT2D eigenvalue weighted by Gasteiger charge is 2.25. The first-order valence-corrected chi connectivity index (χ1v) is 9.65. The summed E-state index contributed by atoms with van der Waals surface area (Å²) in [7, 11) is 0. The number of nitrogens with zero attached hydrogens (tertiary/aromatic N) is 1. The Morgan fingerprint density at radius 2 is 1.68 bits per heavy atom. The lowest BCUT2D eigenvalue weighted by Gasteiger charge is -2.10. The van der Waals surface area contributed by atoms with Crippen molar-refractivity contribution in [2.45, 2.75) is 6.92 Å². The maximum atomic E-state index is 14.7. The lowest BCUT2D eigenvalue weighted by molar-refractivity contribution is 0.102. The van der Waals surface area contributed by atoms with E-state index in [1.165, 1.54) is 30.3 Å². The van der Waals surface area contributed by atoms with Gasteiger partial charge in [-0.05, 0) is 61.0 Å². The molecule has 5 aromatic rings. The van der Waals surface area contributed by atoms with Crippen molar-refractivity contribution in [3.8, 4) is 22.4 Å². The van der Waals surface area contributed by atoms with Gasteiger partial charge in [-0.3, -0.25) is 9.78 Å². The largest absolute Gasteiger partial charge is 0.456 e. The number of hydrogen-bond donors (Lipinski definition) is 1.